The van der Waals surface area contributed by atoms with Crippen LogP contribution in [0.25, 0.3) is 0 Å². The van der Waals surface area contributed by atoms with Crippen LogP contribution in [0.3, 0.4) is 0 Å². The first kappa shape index (κ1) is 20.2. The van der Waals surface area contributed by atoms with Crippen molar-refractivity contribution in [3.05, 3.63) is 12.2 Å². The van der Waals surface area contributed by atoms with E-state index in [0.29, 0.717) is 11.8 Å². The number of aliphatic carboxylic acids is 1. The predicted molar refractivity (Wildman–Crippen MR) is 92.6 cm³/mol. The van der Waals surface area contributed by atoms with Crippen LogP contribution in [0, 0.1) is 11.8 Å². The number of rotatable bonds is 14. The first-order chi connectivity index (χ1) is 11.2. The molecule has 0 aromatic heterocycles. The van der Waals surface area contributed by atoms with Crippen molar-refractivity contribution in [2.45, 2.75) is 64.7 Å². The average molecular weight is 326 g/mol. The van der Waals surface area contributed by atoms with Crippen molar-refractivity contribution < 1.29 is 19.4 Å². The lowest BCUT2D eigenvalue weighted by molar-refractivity contribution is -0.137. The van der Waals surface area contributed by atoms with E-state index in [1.54, 1.807) is 0 Å². The van der Waals surface area contributed by atoms with Crippen LogP contribution in [0.5, 0.6) is 0 Å². The highest BCUT2D eigenvalue weighted by atomic mass is 16.5. The summed E-state index contributed by atoms with van der Waals surface area (Å²) in [5.41, 5.74) is 0. The van der Waals surface area contributed by atoms with Gasteiger partial charge in [-0.25, -0.2) is 0 Å². The molecule has 1 N–H and O–H groups in total. The number of hydrogen-bond donors (Lipinski definition) is 1. The molecule has 1 aliphatic heterocycles. The van der Waals surface area contributed by atoms with Crippen molar-refractivity contribution in [3.8, 4) is 0 Å². The van der Waals surface area contributed by atoms with Gasteiger partial charge in [0.25, 0.3) is 0 Å². The zero-order valence-electron chi connectivity index (χ0n) is 14.7. The van der Waals surface area contributed by atoms with Crippen LogP contribution in [0.4, 0.5) is 0 Å². The van der Waals surface area contributed by atoms with Gasteiger partial charge < -0.3 is 14.6 Å². The third kappa shape index (κ3) is 10.5. The van der Waals surface area contributed by atoms with Crippen LogP contribution in [-0.4, -0.2) is 37.5 Å². The van der Waals surface area contributed by atoms with E-state index in [1.165, 1.54) is 25.7 Å². The van der Waals surface area contributed by atoms with Gasteiger partial charge >= 0.3 is 5.97 Å². The SMILES string of the molecule is CCCCCCOCC[C@@H]1COC[C@@H]1C/C=C\CCCC(=O)O. The number of hydrogen-bond acceptors (Lipinski definition) is 3. The van der Waals surface area contributed by atoms with Crippen molar-refractivity contribution in [3.63, 3.8) is 0 Å². The van der Waals surface area contributed by atoms with Crippen LogP contribution in [0.1, 0.15) is 64.7 Å². The van der Waals surface area contributed by atoms with E-state index in [0.717, 1.165) is 52.1 Å². The second kappa shape index (κ2) is 13.6. The Kier molecular flexibility index (Phi) is 11.9. The molecular weight excluding hydrogens is 292 g/mol. The number of carboxylic acids is 1. The van der Waals surface area contributed by atoms with E-state index in [2.05, 4.69) is 19.1 Å². The molecule has 2 atom stereocenters. The maximum atomic E-state index is 10.4. The Morgan fingerprint density at radius 2 is 1.96 bits per heavy atom. The lowest BCUT2D eigenvalue weighted by Crippen LogP contribution is -2.14. The molecule has 23 heavy (non-hydrogen) atoms. The second-order valence-corrected chi connectivity index (χ2v) is 6.51. The summed E-state index contributed by atoms with van der Waals surface area (Å²) in [6.45, 7) is 5.67. The zero-order chi connectivity index (χ0) is 16.8. The Morgan fingerprint density at radius 1 is 1.13 bits per heavy atom. The third-order valence-corrected chi connectivity index (χ3v) is 4.47. The van der Waals surface area contributed by atoms with Gasteiger partial charge in [-0.3, -0.25) is 4.79 Å². The van der Waals surface area contributed by atoms with Crippen molar-refractivity contribution in [1.29, 1.82) is 0 Å². The second-order valence-electron chi connectivity index (χ2n) is 6.51. The number of carbonyl (C=O) groups is 1. The molecule has 134 valence electrons. The third-order valence-electron chi connectivity index (χ3n) is 4.47. The summed E-state index contributed by atoms with van der Waals surface area (Å²) in [6, 6.07) is 0. The van der Waals surface area contributed by atoms with Gasteiger partial charge in [0.1, 0.15) is 0 Å². The lowest BCUT2D eigenvalue weighted by atomic mass is 9.90. The van der Waals surface area contributed by atoms with Crippen LogP contribution in [-0.2, 0) is 14.3 Å². The molecule has 0 radical (unpaired) electrons. The molecule has 0 saturated carbocycles. The Morgan fingerprint density at radius 3 is 2.74 bits per heavy atom. The summed E-state index contributed by atoms with van der Waals surface area (Å²) in [4.78, 5) is 10.4. The van der Waals surface area contributed by atoms with E-state index in [9.17, 15) is 4.79 Å². The fraction of sp³-hybridized carbons (Fsp3) is 0.842. The zero-order valence-corrected chi connectivity index (χ0v) is 14.7. The standard InChI is InChI=1S/C19H34O4/c1-2-3-4-9-13-22-14-12-18-16-23-15-17(18)10-7-5-6-8-11-19(20)21/h5,7,17-18H,2-4,6,8-16H2,1H3,(H,20,21)/b7-5-/t17-,18+/m0/s1. The normalized spacial score (nSPS) is 21.3. The smallest absolute Gasteiger partial charge is 0.303 e. The molecule has 0 spiro atoms. The van der Waals surface area contributed by atoms with Crippen LogP contribution in [0.2, 0.25) is 0 Å². The molecular formula is C19H34O4. The van der Waals surface area contributed by atoms with Gasteiger partial charge in [-0.2, -0.15) is 0 Å². The highest BCUT2D eigenvalue weighted by molar-refractivity contribution is 5.66. The largest absolute Gasteiger partial charge is 0.481 e. The summed E-state index contributed by atoms with van der Waals surface area (Å²) in [5.74, 6) is 0.487. The van der Waals surface area contributed by atoms with E-state index in [4.69, 9.17) is 14.6 Å². The van der Waals surface area contributed by atoms with Crippen LogP contribution in [0.15, 0.2) is 12.2 Å². The summed E-state index contributed by atoms with van der Waals surface area (Å²) < 4.78 is 11.4. The molecule has 0 bridgehead atoms. The Labute approximate surface area is 141 Å². The lowest BCUT2D eigenvalue weighted by Gasteiger charge is -2.15. The Hall–Kier alpha value is -0.870. The van der Waals surface area contributed by atoms with Gasteiger partial charge in [-0.15, -0.1) is 0 Å². The summed E-state index contributed by atoms with van der Waals surface area (Å²) >= 11 is 0. The number of allylic oxidation sites excluding steroid dienone is 2. The maximum Gasteiger partial charge on any atom is 0.303 e. The fourth-order valence-electron chi connectivity index (χ4n) is 2.95. The predicted octanol–water partition coefficient (Wildman–Crippen LogP) is 4.44. The van der Waals surface area contributed by atoms with Crippen LogP contribution >= 0.6 is 0 Å². The molecule has 1 fully saturated rings. The van der Waals surface area contributed by atoms with Gasteiger partial charge in [-0.05, 0) is 43.9 Å². The van der Waals surface area contributed by atoms with Crippen molar-refractivity contribution in [1.82, 2.24) is 0 Å². The molecule has 0 unspecified atom stereocenters. The minimum absolute atomic E-state index is 0.259. The minimum atomic E-state index is -0.711. The topological polar surface area (TPSA) is 55.8 Å². The van der Waals surface area contributed by atoms with Gasteiger partial charge in [-0.1, -0.05) is 38.3 Å². The molecule has 1 rings (SSSR count). The quantitative estimate of drug-likeness (QED) is 0.379. The molecule has 1 aliphatic rings. The Bertz CT molecular complexity index is 327. The fourth-order valence-corrected chi connectivity index (χ4v) is 2.95. The molecule has 0 aromatic carbocycles. The molecule has 4 heteroatoms. The van der Waals surface area contributed by atoms with E-state index in [-0.39, 0.29) is 6.42 Å². The summed E-state index contributed by atoms with van der Waals surface area (Å²) in [6.07, 6.45) is 13.3. The number of unbranched alkanes of at least 4 members (excludes halogenated alkanes) is 4. The molecule has 1 heterocycles. The minimum Gasteiger partial charge on any atom is -0.481 e. The summed E-state index contributed by atoms with van der Waals surface area (Å²) in [7, 11) is 0. The van der Waals surface area contributed by atoms with E-state index >= 15 is 0 Å². The molecule has 0 aliphatic carbocycles. The Balaban J connectivity index is 2.04. The van der Waals surface area contributed by atoms with E-state index < -0.39 is 5.97 Å². The number of carboxylic acid groups (broad SMARTS) is 1. The molecule has 1 saturated heterocycles. The molecule has 4 nitrogen and oxygen atoms in total. The number of ether oxygens (including phenoxy) is 2. The van der Waals surface area contributed by atoms with Crippen molar-refractivity contribution >= 4 is 5.97 Å². The van der Waals surface area contributed by atoms with Crippen molar-refractivity contribution in [2.24, 2.45) is 11.8 Å². The summed E-state index contributed by atoms with van der Waals surface area (Å²) in [5, 5.41) is 8.59. The highest BCUT2D eigenvalue weighted by Crippen LogP contribution is 2.27. The van der Waals surface area contributed by atoms with Gasteiger partial charge in [0.15, 0.2) is 0 Å². The molecule has 0 aromatic rings. The van der Waals surface area contributed by atoms with Crippen LogP contribution < -0.4 is 0 Å². The molecule has 0 amide bonds. The van der Waals surface area contributed by atoms with Gasteiger partial charge in [0.2, 0.25) is 0 Å². The first-order valence-corrected chi connectivity index (χ1v) is 9.26. The highest BCUT2D eigenvalue weighted by Gasteiger charge is 2.26. The maximum absolute atomic E-state index is 10.4. The van der Waals surface area contributed by atoms with E-state index in [1.807, 2.05) is 0 Å². The van der Waals surface area contributed by atoms with Crippen molar-refractivity contribution in [2.75, 3.05) is 26.4 Å². The monoisotopic (exact) mass is 326 g/mol. The first-order valence-electron chi connectivity index (χ1n) is 9.26. The average Bonchev–Trinajstić information content (AvgIpc) is 2.97. The van der Waals surface area contributed by atoms with Gasteiger partial charge in [0, 0.05) is 26.2 Å². The van der Waals surface area contributed by atoms with Gasteiger partial charge in [0.05, 0.1) is 6.61 Å².